The predicted octanol–water partition coefficient (Wildman–Crippen LogP) is 4.05. The summed E-state index contributed by atoms with van der Waals surface area (Å²) in [4.78, 5) is 0. The second kappa shape index (κ2) is 5.55. The molecule has 2 unspecified atom stereocenters. The maximum Gasteiger partial charge on any atom is 0.105 e. The zero-order valence-corrected chi connectivity index (χ0v) is 9.10. The second-order valence-corrected chi connectivity index (χ2v) is 4.38. The molecule has 0 fully saturated rings. The number of rotatable bonds is 5. The molecule has 0 aliphatic rings. The lowest BCUT2D eigenvalue weighted by Crippen LogP contribution is -2.25. The Labute approximate surface area is 76.6 Å². The van der Waals surface area contributed by atoms with Crippen LogP contribution < -0.4 is 0 Å². The molecule has 0 aromatic heterocycles. The van der Waals surface area contributed by atoms with Crippen molar-refractivity contribution in [2.24, 2.45) is 17.8 Å². The molecular formula is C11H23F. The smallest absolute Gasteiger partial charge is 0.105 e. The standard InChI is InChI=1S/C11H23F/c1-6-7-10(8(2)3)11(12)9(4)5/h8-11H,6-7H2,1-5H3. The summed E-state index contributed by atoms with van der Waals surface area (Å²) in [6.45, 7) is 10.3. The van der Waals surface area contributed by atoms with Gasteiger partial charge in [0.15, 0.2) is 0 Å². The first-order chi connectivity index (χ1) is 5.50. The maximum absolute atomic E-state index is 13.6. The fourth-order valence-electron chi connectivity index (χ4n) is 1.69. The molecule has 74 valence electrons. The van der Waals surface area contributed by atoms with E-state index in [0.717, 1.165) is 12.8 Å². The molecule has 1 heteroatoms. The van der Waals surface area contributed by atoms with E-state index in [9.17, 15) is 4.39 Å². The van der Waals surface area contributed by atoms with Crippen molar-refractivity contribution in [1.29, 1.82) is 0 Å². The first-order valence-electron chi connectivity index (χ1n) is 5.14. The lowest BCUT2D eigenvalue weighted by molar-refractivity contribution is 0.124. The van der Waals surface area contributed by atoms with Gasteiger partial charge in [-0.05, 0) is 24.2 Å². The van der Waals surface area contributed by atoms with Crippen LogP contribution in [-0.2, 0) is 0 Å². The fraction of sp³-hybridized carbons (Fsp3) is 1.00. The van der Waals surface area contributed by atoms with Gasteiger partial charge in [-0.25, -0.2) is 4.39 Å². The molecule has 0 aliphatic carbocycles. The second-order valence-electron chi connectivity index (χ2n) is 4.38. The molecule has 0 bridgehead atoms. The Hall–Kier alpha value is -0.0700. The summed E-state index contributed by atoms with van der Waals surface area (Å²) in [6.07, 6.45) is 1.50. The van der Waals surface area contributed by atoms with Crippen molar-refractivity contribution in [2.45, 2.75) is 53.6 Å². The topological polar surface area (TPSA) is 0 Å². The van der Waals surface area contributed by atoms with E-state index in [1.165, 1.54) is 0 Å². The largest absolute Gasteiger partial charge is 0.247 e. The Morgan fingerprint density at radius 3 is 1.75 bits per heavy atom. The quantitative estimate of drug-likeness (QED) is 0.589. The number of alkyl halides is 1. The molecule has 0 spiro atoms. The van der Waals surface area contributed by atoms with Crippen LogP contribution >= 0.6 is 0 Å². The van der Waals surface area contributed by atoms with Gasteiger partial charge in [-0.1, -0.05) is 41.0 Å². The van der Waals surface area contributed by atoms with Crippen LogP contribution in [0.1, 0.15) is 47.5 Å². The third-order valence-electron chi connectivity index (χ3n) is 2.52. The Kier molecular flexibility index (Phi) is 5.52. The average molecular weight is 174 g/mol. The highest BCUT2D eigenvalue weighted by Crippen LogP contribution is 2.27. The van der Waals surface area contributed by atoms with E-state index in [1.807, 2.05) is 13.8 Å². The van der Waals surface area contributed by atoms with Crippen LogP contribution in [0.25, 0.3) is 0 Å². The SMILES string of the molecule is CCCC(C(C)C)C(F)C(C)C. The normalized spacial score (nSPS) is 17.0. The minimum atomic E-state index is -0.620. The monoisotopic (exact) mass is 174 g/mol. The van der Waals surface area contributed by atoms with E-state index in [0.29, 0.717) is 5.92 Å². The van der Waals surface area contributed by atoms with E-state index in [-0.39, 0.29) is 11.8 Å². The molecule has 0 aliphatic heterocycles. The average Bonchev–Trinajstić information content (AvgIpc) is 1.98. The maximum atomic E-state index is 13.6. The summed E-state index contributed by atoms with van der Waals surface area (Å²) < 4.78 is 13.6. The van der Waals surface area contributed by atoms with Gasteiger partial charge in [0, 0.05) is 0 Å². The minimum Gasteiger partial charge on any atom is -0.247 e. The number of hydrogen-bond acceptors (Lipinski definition) is 0. The molecule has 0 aromatic carbocycles. The third-order valence-corrected chi connectivity index (χ3v) is 2.52. The molecule has 0 heterocycles. The van der Waals surface area contributed by atoms with Crippen molar-refractivity contribution in [3.63, 3.8) is 0 Å². The van der Waals surface area contributed by atoms with Crippen molar-refractivity contribution in [3.05, 3.63) is 0 Å². The molecule has 0 radical (unpaired) electrons. The van der Waals surface area contributed by atoms with E-state index in [4.69, 9.17) is 0 Å². The summed E-state index contributed by atoms with van der Waals surface area (Å²) in [5.41, 5.74) is 0. The fourth-order valence-corrected chi connectivity index (χ4v) is 1.69. The van der Waals surface area contributed by atoms with Crippen molar-refractivity contribution < 1.29 is 4.39 Å². The summed E-state index contributed by atoms with van der Waals surface area (Å²) in [5, 5.41) is 0. The summed E-state index contributed by atoms with van der Waals surface area (Å²) >= 11 is 0. The van der Waals surface area contributed by atoms with Gasteiger partial charge in [-0.2, -0.15) is 0 Å². The van der Waals surface area contributed by atoms with Gasteiger partial charge in [0.2, 0.25) is 0 Å². The Bertz CT molecular complexity index is 108. The highest BCUT2D eigenvalue weighted by Gasteiger charge is 2.25. The Balaban J connectivity index is 4.09. The number of halogens is 1. The first kappa shape index (κ1) is 11.9. The van der Waals surface area contributed by atoms with Crippen LogP contribution in [0.4, 0.5) is 4.39 Å². The molecule has 0 saturated carbocycles. The van der Waals surface area contributed by atoms with Crippen LogP contribution in [0.15, 0.2) is 0 Å². The van der Waals surface area contributed by atoms with Gasteiger partial charge in [0.1, 0.15) is 6.17 Å². The van der Waals surface area contributed by atoms with Gasteiger partial charge in [-0.15, -0.1) is 0 Å². The van der Waals surface area contributed by atoms with Gasteiger partial charge < -0.3 is 0 Å². The van der Waals surface area contributed by atoms with E-state index in [2.05, 4.69) is 20.8 Å². The van der Waals surface area contributed by atoms with Crippen LogP contribution in [0.5, 0.6) is 0 Å². The van der Waals surface area contributed by atoms with Crippen molar-refractivity contribution in [1.82, 2.24) is 0 Å². The van der Waals surface area contributed by atoms with Gasteiger partial charge >= 0.3 is 0 Å². The molecule has 0 rings (SSSR count). The zero-order chi connectivity index (χ0) is 9.72. The van der Waals surface area contributed by atoms with Gasteiger partial charge in [0.05, 0.1) is 0 Å². The lowest BCUT2D eigenvalue weighted by atomic mass is 9.83. The first-order valence-corrected chi connectivity index (χ1v) is 5.14. The van der Waals surface area contributed by atoms with Gasteiger partial charge in [-0.3, -0.25) is 0 Å². The highest BCUT2D eigenvalue weighted by molar-refractivity contribution is 4.74. The van der Waals surface area contributed by atoms with Crippen molar-refractivity contribution >= 4 is 0 Å². The molecule has 12 heavy (non-hydrogen) atoms. The van der Waals surface area contributed by atoms with Crippen LogP contribution in [0.3, 0.4) is 0 Å². The van der Waals surface area contributed by atoms with E-state index >= 15 is 0 Å². The van der Waals surface area contributed by atoms with Crippen LogP contribution in [0.2, 0.25) is 0 Å². The Morgan fingerprint density at radius 1 is 1.00 bits per heavy atom. The van der Waals surface area contributed by atoms with Crippen LogP contribution in [-0.4, -0.2) is 6.17 Å². The molecule has 2 atom stereocenters. The zero-order valence-electron chi connectivity index (χ0n) is 9.10. The minimum absolute atomic E-state index is 0.170. The highest BCUT2D eigenvalue weighted by atomic mass is 19.1. The molecule has 0 saturated heterocycles. The Morgan fingerprint density at radius 2 is 1.50 bits per heavy atom. The molecule has 0 amide bonds. The molecular weight excluding hydrogens is 151 g/mol. The summed E-state index contributed by atoms with van der Waals surface area (Å²) in [6, 6.07) is 0. The van der Waals surface area contributed by atoms with E-state index < -0.39 is 6.17 Å². The van der Waals surface area contributed by atoms with E-state index in [1.54, 1.807) is 0 Å². The summed E-state index contributed by atoms with van der Waals surface area (Å²) in [7, 11) is 0. The van der Waals surface area contributed by atoms with Gasteiger partial charge in [0.25, 0.3) is 0 Å². The molecule has 0 nitrogen and oxygen atoms in total. The predicted molar refractivity (Wildman–Crippen MR) is 53.0 cm³/mol. The van der Waals surface area contributed by atoms with Crippen molar-refractivity contribution in [3.8, 4) is 0 Å². The van der Waals surface area contributed by atoms with Crippen LogP contribution in [0, 0.1) is 17.8 Å². The number of hydrogen-bond donors (Lipinski definition) is 0. The molecule has 0 N–H and O–H groups in total. The van der Waals surface area contributed by atoms with Crippen molar-refractivity contribution in [2.75, 3.05) is 0 Å². The lowest BCUT2D eigenvalue weighted by Gasteiger charge is -2.26. The molecule has 0 aromatic rings. The summed E-state index contributed by atoms with van der Waals surface area (Å²) in [5.74, 6) is 0.904. The third kappa shape index (κ3) is 3.55.